The number of amides is 1. The first-order chi connectivity index (χ1) is 14.1. The van der Waals surface area contributed by atoms with Crippen LogP contribution in [0.15, 0.2) is 36.9 Å². The number of alkyl halides is 3. The topological polar surface area (TPSA) is 102 Å². The van der Waals surface area contributed by atoms with Gasteiger partial charge in [0.1, 0.15) is 18.8 Å². The fourth-order valence-corrected chi connectivity index (χ4v) is 4.29. The number of rotatable bonds is 7. The summed E-state index contributed by atoms with van der Waals surface area (Å²) in [5.74, 6) is -3.96. The normalized spacial score (nSPS) is 27.0. The highest BCUT2D eigenvalue weighted by Crippen LogP contribution is 2.62. The van der Waals surface area contributed by atoms with Crippen LogP contribution in [-0.4, -0.2) is 35.3 Å². The van der Waals surface area contributed by atoms with E-state index in [2.05, 4.69) is 11.9 Å². The second-order valence-corrected chi connectivity index (χ2v) is 7.31. The summed E-state index contributed by atoms with van der Waals surface area (Å²) in [5.41, 5.74) is -2.86. The van der Waals surface area contributed by atoms with Crippen LogP contribution in [0.1, 0.15) is 24.0 Å². The molecule has 2 aliphatic carbocycles. The molecule has 0 radical (unpaired) electrons. The van der Waals surface area contributed by atoms with Gasteiger partial charge in [-0.15, -0.1) is 0 Å². The summed E-state index contributed by atoms with van der Waals surface area (Å²) in [6, 6.07) is 4.65. The number of fused-ring (bicyclic) bond motifs is 1. The monoisotopic (exact) mass is 427 g/mol. The standard InChI is InChI=1S/C20H20F3NO6/c1-2-9-29-18(28)24-19(8-7-12-14(15(12)19)16(25)26)17(27)30-10-11-5-3-4-6-13(11)20(21,22)23/h2-6,12,14-15H,1,7-10H2,(H,24,28)(H,25,26)/t12-,14-,15-,19-/m0/s1. The van der Waals surface area contributed by atoms with Crippen molar-refractivity contribution in [2.45, 2.75) is 31.2 Å². The molecule has 30 heavy (non-hydrogen) atoms. The SMILES string of the molecule is C=CCOC(=O)N[C@@]1(C(=O)OCc2ccccc2C(F)(F)F)CC[C@H]2[C@H](C(=O)O)[C@H]21. The smallest absolute Gasteiger partial charge is 0.416 e. The Kier molecular flexibility index (Phi) is 5.78. The maximum absolute atomic E-state index is 13.2. The summed E-state index contributed by atoms with van der Waals surface area (Å²) >= 11 is 0. The number of hydrogen-bond donors (Lipinski definition) is 2. The molecule has 10 heteroatoms. The summed E-state index contributed by atoms with van der Waals surface area (Å²) in [6.07, 6.45) is -3.81. The molecule has 0 unspecified atom stereocenters. The zero-order valence-corrected chi connectivity index (χ0v) is 15.8. The number of esters is 1. The van der Waals surface area contributed by atoms with Gasteiger partial charge in [0.2, 0.25) is 0 Å². The summed E-state index contributed by atoms with van der Waals surface area (Å²) in [4.78, 5) is 36.5. The van der Waals surface area contributed by atoms with Crippen LogP contribution in [0, 0.1) is 17.8 Å². The Morgan fingerprint density at radius 2 is 1.97 bits per heavy atom. The Bertz CT molecular complexity index is 870. The van der Waals surface area contributed by atoms with Gasteiger partial charge in [-0.3, -0.25) is 4.79 Å². The third kappa shape index (κ3) is 3.99. The van der Waals surface area contributed by atoms with Gasteiger partial charge in [0, 0.05) is 11.5 Å². The fourth-order valence-electron chi connectivity index (χ4n) is 4.29. The molecule has 0 saturated heterocycles. The predicted molar refractivity (Wildman–Crippen MR) is 96.0 cm³/mol. The number of benzene rings is 1. The van der Waals surface area contributed by atoms with Crippen LogP contribution in [0.2, 0.25) is 0 Å². The minimum atomic E-state index is -4.63. The summed E-state index contributed by atoms with van der Waals surface area (Å²) < 4.78 is 49.5. The number of hydrogen-bond acceptors (Lipinski definition) is 5. The number of nitrogens with one attached hydrogen (secondary N) is 1. The highest BCUT2D eigenvalue weighted by Gasteiger charge is 2.72. The molecule has 1 amide bonds. The molecule has 0 bridgehead atoms. The highest BCUT2D eigenvalue weighted by atomic mass is 19.4. The van der Waals surface area contributed by atoms with Crippen molar-refractivity contribution < 1.29 is 42.1 Å². The van der Waals surface area contributed by atoms with Crippen molar-refractivity contribution in [3.63, 3.8) is 0 Å². The first-order valence-electron chi connectivity index (χ1n) is 9.23. The van der Waals surface area contributed by atoms with Crippen LogP contribution in [-0.2, 0) is 31.8 Å². The second kappa shape index (κ2) is 8.00. The van der Waals surface area contributed by atoms with Crippen molar-refractivity contribution in [2.24, 2.45) is 17.8 Å². The predicted octanol–water partition coefficient (Wildman–Crippen LogP) is 3.14. The second-order valence-electron chi connectivity index (χ2n) is 7.31. The maximum atomic E-state index is 13.2. The first-order valence-corrected chi connectivity index (χ1v) is 9.23. The molecule has 2 fully saturated rings. The Labute approximate surface area is 169 Å². The van der Waals surface area contributed by atoms with Gasteiger partial charge in [0.25, 0.3) is 0 Å². The number of aliphatic carboxylic acids is 1. The summed E-state index contributed by atoms with van der Waals surface area (Å²) in [5, 5.41) is 11.8. The molecule has 7 nitrogen and oxygen atoms in total. The van der Waals surface area contributed by atoms with E-state index in [0.29, 0.717) is 6.42 Å². The van der Waals surface area contributed by atoms with Gasteiger partial charge in [0.15, 0.2) is 0 Å². The third-order valence-corrected chi connectivity index (χ3v) is 5.60. The molecule has 0 aromatic heterocycles. The zero-order valence-electron chi connectivity index (χ0n) is 15.8. The number of halogens is 3. The minimum Gasteiger partial charge on any atom is -0.481 e. The van der Waals surface area contributed by atoms with Crippen molar-refractivity contribution in [3.05, 3.63) is 48.0 Å². The van der Waals surface area contributed by atoms with Crippen molar-refractivity contribution in [3.8, 4) is 0 Å². The van der Waals surface area contributed by atoms with E-state index < -0.39 is 53.8 Å². The van der Waals surface area contributed by atoms with Gasteiger partial charge in [-0.1, -0.05) is 30.9 Å². The van der Waals surface area contributed by atoms with Crippen molar-refractivity contribution in [1.82, 2.24) is 5.32 Å². The first kappa shape index (κ1) is 21.7. The molecule has 162 valence electrons. The molecule has 2 saturated carbocycles. The molecule has 1 aromatic rings. The maximum Gasteiger partial charge on any atom is 0.416 e. The van der Waals surface area contributed by atoms with E-state index in [0.717, 1.165) is 6.07 Å². The number of carbonyl (C=O) groups excluding carboxylic acids is 2. The molecule has 4 atom stereocenters. The molecule has 0 spiro atoms. The lowest BCUT2D eigenvalue weighted by molar-refractivity contribution is -0.156. The van der Waals surface area contributed by atoms with Gasteiger partial charge in [0.05, 0.1) is 11.5 Å². The van der Waals surface area contributed by atoms with Crippen LogP contribution in [0.4, 0.5) is 18.0 Å². The largest absolute Gasteiger partial charge is 0.481 e. The van der Waals surface area contributed by atoms with E-state index in [1.54, 1.807) is 0 Å². The van der Waals surface area contributed by atoms with Crippen LogP contribution in [0.25, 0.3) is 0 Å². The van der Waals surface area contributed by atoms with E-state index in [-0.39, 0.29) is 24.5 Å². The molecule has 0 aliphatic heterocycles. The Hall–Kier alpha value is -3.04. The van der Waals surface area contributed by atoms with E-state index in [9.17, 15) is 32.7 Å². The van der Waals surface area contributed by atoms with Gasteiger partial charge in [-0.05, 0) is 24.8 Å². The summed E-state index contributed by atoms with van der Waals surface area (Å²) in [6.45, 7) is 2.60. The lowest BCUT2D eigenvalue weighted by Gasteiger charge is -2.30. The Morgan fingerprint density at radius 1 is 1.27 bits per heavy atom. The molecule has 2 N–H and O–H groups in total. The molecular formula is C20H20F3NO6. The number of carboxylic acid groups (broad SMARTS) is 1. The number of carboxylic acids is 1. The van der Waals surface area contributed by atoms with E-state index in [1.165, 1.54) is 24.3 Å². The third-order valence-electron chi connectivity index (χ3n) is 5.60. The average Bonchev–Trinajstić information content (AvgIpc) is 3.32. The van der Waals surface area contributed by atoms with Gasteiger partial charge >= 0.3 is 24.2 Å². The molecular weight excluding hydrogens is 407 g/mol. The van der Waals surface area contributed by atoms with Gasteiger partial charge in [-0.2, -0.15) is 13.2 Å². The molecule has 1 aromatic carbocycles. The number of carbonyl (C=O) groups is 3. The van der Waals surface area contributed by atoms with Crippen LogP contribution in [0.3, 0.4) is 0 Å². The Balaban J connectivity index is 1.80. The fraction of sp³-hybridized carbons (Fsp3) is 0.450. The zero-order chi connectivity index (χ0) is 22.1. The van der Waals surface area contributed by atoms with E-state index >= 15 is 0 Å². The van der Waals surface area contributed by atoms with E-state index in [4.69, 9.17) is 9.47 Å². The molecule has 2 aliphatic rings. The van der Waals surface area contributed by atoms with Crippen LogP contribution >= 0.6 is 0 Å². The Morgan fingerprint density at radius 3 is 2.57 bits per heavy atom. The number of ether oxygens (including phenoxy) is 2. The average molecular weight is 427 g/mol. The van der Waals surface area contributed by atoms with E-state index in [1.807, 2.05) is 0 Å². The quantitative estimate of drug-likeness (QED) is 0.512. The van der Waals surface area contributed by atoms with Crippen molar-refractivity contribution >= 4 is 18.0 Å². The van der Waals surface area contributed by atoms with Crippen molar-refractivity contribution in [2.75, 3.05) is 6.61 Å². The van der Waals surface area contributed by atoms with Gasteiger partial charge < -0.3 is 19.9 Å². The molecule has 0 heterocycles. The minimum absolute atomic E-state index is 0.106. The molecule has 3 rings (SSSR count). The van der Waals surface area contributed by atoms with Crippen LogP contribution < -0.4 is 5.32 Å². The van der Waals surface area contributed by atoms with Crippen LogP contribution in [0.5, 0.6) is 0 Å². The highest BCUT2D eigenvalue weighted by molar-refractivity contribution is 5.90. The lowest BCUT2D eigenvalue weighted by Crippen LogP contribution is -2.56. The summed E-state index contributed by atoms with van der Waals surface area (Å²) in [7, 11) is 0. The lowest BCUT2D eigenvalue weighted by atomic mass is 9.90. The van der Waals surface area contributed by atoms with Crippen molar-refractivity contribution in [1.29, 1.82) is 0 Å². The number of alkyl carbamates (subject to hydrolysis) is 1. The van der Waals surface area contributed by atoms with Gasteiger partial charge in [-0.25, -0.2) is 9.59 Å².